The van der Waals surface area contributed by atoms with Crippen LogP contribution in [0.3, 0.4) is 0 Å². The van der Waals surface area contributed by atoms with Crippen molar-refractivity contribution in [3.63, 3.8) is 0 Å². The monoisotopic (exact) mass is 379 g/mol. The van der Waals surface area contributed by atoms with Crippen LogP contribution in [-0.4, -0.2) is 36.8 Å². The van der Waals surface area contributed by atoms with E-state index in [9.17, 15) is 5.11 Å². The van der Waals surface area contributed by atoms with Gasteiger partial charge in [0.15, 0.2) is 0 Å². The molecule has 1 unspecified atom stereocenters. The van der Waals surface area contributed by atoms with Crippen LogP contribution in [-0.2, 0) is 0 Å². The quantitative estimate of drug-likeness (QED) is 0.628. The predicted octanol–water partition coefficient (Wildman–Crippen LogP) is 5.45. The first-order chi connectivity index (χ1) is 11.9. The predicted molar refractivity (Wildman–Crippen MR) is 114 cm³/mol. The second kappa shape index (κ2) is 10.1. The lowest BCUT2D eigenvalue weighted by Crippen LogP contribution is -2.39. The Morgan fingerprint density at radius 1 is 1.00 bits per heavy atom. The second-order valence-corrected chi connectivity index (χ2v) is 7.57. The van der Waals surface area contributed by atoms with Gasteiger partial charge in [-0.1, -0.05) is 58.0 Å². The number of nitrogens with zero attached hydrogens (tertiary/aromatic N) is 1. The largest absolute Gasteiger partial charge is 0.496 e. The summed E-state index contributed by atoms with van der Waals surface area (Å²) in [6.45, 7) is 11.8. The first-order valence-electron chi connectivity index (χ1n) is 9.40. The maximum absolute atomic E-state index is 11.2. The number of aliphatic hydroxyl groups excluding tert-OH is 1. The number of ether oxygens (including phenoxy) is 1. The molecule has 26 heavy (non-hydrogen) atoms. The maximum Gasteiger partial charge on any atom is 0.126 e. The fourth-order valence-electron chi connectivity index (χ4n) is 3.70. The van der Waals surface area contributed by atoms with Crippen LogP contribution in [0.15, 0.2) is 36.4 Å². The van der Waals surface area contributed by atoms with Gasteiger partial charge in [-0.2, -0.15) is 0 Å². The number of halogens is 1. The summed E-state index contributed by atoms with van der Waals surface area (Å²) in [7, 11) is 1.69. The molecular formula is C22H34ClNO2. The summed E-state index contributed by atoms with van der Waals surface area (Å²) in [4.78, 5) is 2.47. The zero-order valence-corrected chi connectivity index (χ0v) is 17.6. The van der Waals surface area contributed by atoms with Crippen molar-refractivity contribution in [1.29, 1.82) is 0 Å². The van der Waals surface area contributed by atoms with Gasteiger partial charge in [0.05, 0.1) is 13.2 Å². The number of fused-ring (bicyclic) bond motifs is 1. The fourth-order valence-corrected chi connectivity index (χ4v) is 3.70. The van der Waals surface area contributed by atoms with Crippen LogP contribution in [0.4, 0.5) is 0 Å². The van der Waals surface area contributed by atoms with Crippen molar-refractivity contribution in [2.24, 2.45) is 5.41 Å². The maximum atomic E-state index is 11.2. The first-order valence-corrected chi connectivity index (χ1v) is 9.40. The Hall–Kier alpha value is -1.29. The van der Waals surface area contributed by atoms with E-state index in [1.807, 2.05) is 24.3 Å². The lowest BCUT2D eigenvalue weighted by molar-refractivity contribution is 0.0211. The molecule has 1 atom stereocenters. The van der Waals surface area contributed by atoms with E-state index < -0.39 is 6.10 Å². The minimum absolute atomic E-state index is 0. The van der Waals surface area contributed by atoms with Crippen molar-refractivity contribution in [2.75, 3.05) is 26.7 Å². The molecule has 0 aliphatic carbocycles. The van der Waals surface area contributed by atoms with E-state index in [1.165, 1.54) is 0 Å². The molecule has 1 N–H and O–H groups in total. The first kappa shape index (κ1) is 22.8. The molecule has 2 rings (SSSR count). The third-order valence-electron chi connectivity index (χ3n) is 4.88. The van der Waals surface area contributed by atoms with Crippen molar-refractivity contribution < 1.29 is 9.84 Å². The van der Waals surface area contributed by atoms with Crippen molar-refractivity contribution in [2.45, 2.75) is 46.6 Å². The molecule has 0 bridgehead atoms. The Bertz CT molecular complexity index is 681. The van der Waals surface area contributed by atoms with Gasteiger partial charge in [0.1, 0.15) is 5.75 Å². The van der Waals surface area contributed by atoms with Gasteiger partial charge in [0, 0.05) is 17.3 Å². The van der Waals surface area contributed by atoms with Crippen molar-refractivity contribution >= 4 is 23.2 Å². The summed E-state index contributed by atoms with van der Waals surface area (Å²) < 4.78 is 5.49. The summed E-state index contributed by atoms with van der Waals surface area (Å²) in [5.74, 6) is 0.850. The molecule has 0 amide bonds. The zero-order chi connectivity index (χ0) is 18.4. The van der Waals surface area contributed by atoms with E-state index >= 15 is 0 Å². The SMILES string of the molecule is CCCN(CCC)CC(C)(C)C(O)c1ccc(OC)c2ccccc12.Cl. The Morgan fingerprint density at radius 2 is 1.58 bits per heavy atom. The smallest absolute Gasteiger partial charge is 0.126 e. The molecule has 0 fully saturated rings. The number of aliphatic hydroxyl groups is 1. The highest BCUT2D eigenvalue weighted by Gasteiger charge is 2.32. The summed E-state index contributed by atoms with van der Waals surface area (Å²) >= 11 is 0. The number of hydrogen-bond donors (Lipinski definition) is 1. The molecule has 0 saturated carbocycles. The summed E-state index contributed by atoms with van der Waals surface area (Å²) in [6, 6.07) is 12.1. The average molecular weight is 380 g/mol. The Morgan fingerprint density at radius 3 is 2.12 bits per heavy atom. The third-order valence-corrected chi connectivity index (χ3v) is 4.88. The summed E-state index contributed by atoms with van der Waals surface area (Å²) in [5.41, 5.74) is 0.746. The highest BCUT2D eigenvalue weighted by atomic mass is 35.5. The molecule has 0 spiro atoms. The molecule has 0 aliphatic rings. The van der Waals surface area contributed by atoms with Gasteiger partial charge in [-0.05, 0) is 42.9 Å². The molecular weight excluding hydrogens is 346 g/mol. The van der Waals surface area contributed by atoms with Crippen LogP contribution in [0.2, 0.25) is 0 Å². The van der Waals surface area contributed by atoms with E-state index in [-0.39, 0.29) is 17.8 Å². The highest BCUT2D eigenvalue weighted by Crippen LogP contribution is 2.39. The van der Waals surface area contributed by atoms with E-state index in [2.05, 4.69) is 44.7 Å². The van der Waals surface area contributed by atoms with Gasteiger partial charge in [-0.25, -0.2) is 0 Å². The Balaban J connectivity index is 0.00000338. The lowest BCUT2D eigenvalue weighted by atomic mass is 9.80. The highest BCUT2D eigenvalue weighted by molar-refractivity contribution is 5.91. The van der Waals surface area contributed by atoms with Crippen molar-refractivity contribution in [1.82, 2.24) is 4.90 Å². The molecule has 0 aromatic heterocycles. The van der Waals surface area contributed by atoms with Crippen LogP contribution < -0.4 is 4.74 Å². The topological polar surface area (TPSA) is 32.7 Å². The molecule has 2 aromatic carbocycles. The summed E-state index contributed by atoms with van der Waals surface area (Å²) in [5, 5.41) is 13.3. The minimum Gasteiger partial charge on any atom is -0.496 e. The zero-order valence-electron chi connectivity index (χ0n) is 16.8. The molecule has 2 aromatic rings. The number of benzene rings is 2. The molecule has 0 saturated heterocycles. The van der Waals surface area contributed by atoms with Gasteiger partial charge in [-0.3, -0.25) is 0 Å². The number of methoxy groups -OCH3 is 1. The number of rotatable bonds is 9. The standard InChI is InChI=1S/C22H33NO2.ClH/c1-6-14-23(15-7-2)16-22(3,4)21(24)19-12-13-20(25-5)18-11-9-8-10-17(18)19;/h8-13,21,24H,6-7,14-16H2,1-5H3;1H. The second-order valence-electron chi connectivity index (χ2n) is 7.57. The molecule has 4 heteroatoms. The van der Waals surface area contributed by atoms with Gasteiger partial charge in [0.2, 0.25) is 0 Å². The fraction of sp³-hybridized carbons (Fsp3) is 0.545. The Labute approximate surface area is 164 Å². The van der Waals surface area contributed by atoms with E-state index in [0.29, 0.717) is 0 Å². The molecule has 0 radical (unpaired) electrons. The van der Waals surface area contributed by atoms with Crippen LogP contribution in [0.1, 0.15) is 52.2 Å². The molecule has 0 aliphatic heterocycles. The van der Waals surface area contributed by atoms with Gasteiger partial charge >= 0.3 is 0 Å². The van der Waals surface area contributed by atoms with Crippen LogP contribution in [0.25, 0.3) is 10.8 Å². The van der Waals surface area contributed by atoms with E-state index in [1.54, 1.807) is 7.11 Å². The van der Waals surface area contributed by atoms with Crippen LogP contribution in [0, 0.1) is 5.41 Å². The third kappa shape index (κ3) is 5.12. The van der Waals surface area contributed by atoms with Crippen molar-refractivity contribution in [3.05, 3.63) is 42.0 Å². The van der Waals surface area contributed by atoms with Gasteiger partial charge in [-0.15, -0.1) is 12.4 Å². The molecule has 3 nitrogen and oxygen atoms in total. The lowest BCUT2D eigenvalue weighted by Gasteiger charge is -2.37. The van der Waals surface area contributed by atoms with Crippen molar-refractivity contribution in [3.8, 4) is 5.75 Å². The minimum atomic E-state index is -0.528. The molecule has 146 valence electrons. The van der Waals surface area contributed by atoms with Gasteiger partial charge in [0.25, 0.3) is 0 Å². The molecule has 0 heterocycles. The van der Waals surface area contributed by atoms with E-state index in [4.69, 9.17) is 4.74 Å². The van der Waals surface area contributed by atoms with Crippen LogP contribution in [0.5, 0.6) is 5.75 Å². The summed E-state index contributed by atoms with van der Waals surface area (Å²) in [6.07, 6.45) is 1.74. The Kier molecular flexibility index (Phi) is 8.88. The average Bonchev–Trinajstić information content (AvgIpc) is 2.60. The van der Waals surface area contributed by atoms with E-state index in [0.717, 1.165) is 54.6 Å². The normalized spacial score (nSPS) is 12.9. The van der Waals surface area contributed by atoms with Crippen LogP contribution >= 0.6 is 12.4 Å². The van der Waals surface area contributed by atoms with Gasteiger partial charge < -0.3 is 14.7 Å². The number of hydrogen-bond acceptors (Lipinski definition) is 3.